The van der Waals surface area contributed by atoms with Gasteiger partial charge in [-0.3, -0.25) is 0 Å². The minimum Gasteiger partial charge on any atom is -0.480 e. The van der Waals surface area contributed by atoms with Crippen molar-refractivity contribution < 1.29 is 14.6 Å². The Hall–Kier alpha value is -1.20. The molecule has 1 aliphatic rings. The van der Waals surface area contributed by atoms with Gasteiger partial charge in [-0.05, 0) is 38.2 Å². The van der Waals surface area contributed by atoms with Crippen molar-refractivity contribution in [2.24, 2.45) is 0 Å². The Morgan fingerprint density at radius 3 is 3.00 bits per heavy atom. The van der Waals surface area contributed by atoms with E-state index in [1.165, 1.54) is 0 Å². The number of nitrogens with zero attached hydrogens (tertiary/aromatic N) is 2. The largest absolute Gasteiger partial charge is 0.480 e. The maximum absolute atomic E-state index is 9.97. The van der Waals surface area contributed by atoms with Crippen LogP contribution in [0.3, 0.4) is 0 Å². The number of ether oxygens (including phenoxy) is 2. The molecule has 18 heavy (non-hydrogen) atoms. The smallest absolute Gasteiger partial charge is 0.233 e. The van der Waals surface area contributed by atoms with Crippen LogP contribution in [0.5, 0.6) is 5.88 Å². The molecule has 0 saturated carbocycles. The van der Waals surface area contributed by atoms with Crippen LogP contribution in [-0.2, 0) is 4.74 Å². The van der Waals surface area contributed by atoms with Gasteiger partial charge in [0.2, 0.25) is 5.88 Å². The zero-order valence-electron chi connectivity index (χ0n) is 10.7. The summed E-state index contributed by atoms with van der Waals surface area (Å²) in [7, 11) is 1.54. The average Bonchev–Trinajstić information content (AvgIpc) is 2.92. The van der Waals surface area contributed by atoms with Gasteiger partial charge in [0.25, 0.3) is 0 Å². The Balaban J connectivity index is 1.74. The second kappa shape index (κ2) is 6.66. The highest BCUT2D eigenvalue weighted by molar-refractivity contribution is 5.12. The van der Waals surface area contributed by atoms with Crippen LogP contribution in [-0.4, -0.2) is 35.1 Å². The lowest BCUT2D eigenvalue weighted by Gasteiger charge is -2.12. The third-order valence-corrected chi connectivity index (χ3v) is 3.24. The molecule has 2 atom stereocenters. The van der Waals surface area contributed by atoms with E-state index in [0.29, 0.717) is 24.1 Å². The molecule has 2 unspecified atom stereocenters. The van der Waals surface area contributed by atoms with E-state index in [2.05, 4.69) is 10.2 Å². The van der Waals surface area contributed by atoms with Crippen molar-refractivity contribution in [3.8, 4) is 5.88 Å². The molecule has 1 aromatic rings. The first-order valence-electron chi connectivity index (χ1n) is 6.47. The maximum Gasteiger partial charge on any atom is 0.233 e. The molecule has 2 heterocycles. The average molecular weight is 252 g/mol. The molecule has 0 bridgehead atoms. The van der Waals surface area contributed by atoms with E-state index in [0.717, 1.165) is 32.3 Å². The van der Waals surface area contributed by atoms with Gasteiger partial charge in [0.1, 0.15) is 0 Å². The maximum atomic E-state index is 9.97. The number of aliphatic hydroxyl groups is 1. The van der Waals surface area contributed by atoms with Crippen LogP contribution in [0.4, 0.5) is 0 Å². The number of rotatable bonds is 6. The van der Waals surface area contributed by atoms with Crippen LogP contribution in [0, 0.1) is 0 Å². The highest BCUT2D eigenvalue weighted by Crippen LogP contribution is 2.22. The Bertz CT molecular complexity index is 350. The summed E-state index contributed by atoms with van der Waals surface area (Å²) in [5.41, 5.74) is 0.600. The van der Waals surface area contributed by atoms with Gasteiger partial charge < -0.3 is 14.6 Å². The fourth-order valence-corrected chi connectivity index (χ4v) is 2.18. The quantitative estimate of drug-likeness (QED) is 0.837. The predicted octanol–water partition coefficient (Wildman–Crippen LogP) is 1.87. The third-order valence-electron chi connectivity index (χ3n) is 3.24. The van der Waals surface area contributed by atoms with Crippen molar-refractivity contribution in [3.05, 3.63) is 17.8 Å². The van der Waals surface area contributed by atoms with Crippen LogP contribution in [0.2, 0.25) is 0 Å². The molecule has 2 rings (SSSR count). The third kappa shape index (κ3) is 3.65. The van der Waals surface area contributed by atoms with Gasteiger partial charge in [0.05, 0.1) is 25.0 Å². The summed E-state index contributed by atoms with van der Waals surface area (Å²) in [4.78, 5) is 0. The van der Waals surface area contributed by atoms with Gasteiger partial charge in [-0.1, -0.05) is 0 Å². The molecule has 1 saturated heterocycles. The zero-order chi connectivity index (χ0) is 12.8. The number of methoxy groups -OCH3 is 1. The van der Waals surface area contributed by atoms with Gasteiger partial charge in [-0.25, -0.2) is 0 Å². The molecule has 0 aromatic carbocycles. The molecule has 5 heteroatoms. The first-order chi connectivity index (χ1) is 8.79. The molecule has 0 aliphatic carbocycles. The molecule has 5 nitrogen and oxygen atoms in total. The van der Waals surface area contributed by atoms with Gasteiger partial charge in [-0.15, -0.1) is 10.2 Å². The molecule has 1 aromatic heterocycles. The molecular weight excluding hydrogens is 232 g/mol. The van der Waals surface area contributed by atoms with Crippen LogP contribution in [0.1, 0.15) is 43.9 Å². The van der Waals surface area contributed by atoms with Gasteiger partial charge in [0, 0.05) is 12.7 Å². The Morgan fingerprint density at radius 1 is 1.50 bits per heavy atom. The van der Waals surface area contributed by atoms with Crippen molar-refractivity contribution >= 4 is 0 Å². The van der Waals surface area contributed by atoms with E-state index in [1.807, 2.05) is 0 Å². The van der Waals surface area contributed by atoms with E-state index in [-0.39, 0.29) is 0 Å². The summed E-state index contributed by atoms with van der Waals surface area (Å²) in [6.45, 7) is 0.886. The molecule has 100 valence electrons. The Kier molecular flexibility index (Phi) is 4.90. The lowest BCUT2D eigenvalue weighted by molar-refractivity contribution is 0.0938. The second-order valence-electron chi connectivity index (χ2n) is 4.58. The van der Waals surface area contributed by atoms with Crippen molar-refractivity contribution in [3.63, 3.8) is 0 Å². The van der Waals surface area contributed by atoms with Crippen LogP contribution < -0.4 is 4.74 Å². The lowest BCUT2D eigenvalue weighted by Crippen LogP contribution is -2.07. The van der Waals surface area contributed by atoms with E-state index >= 15 is 0 Å². The van der Waals surface area contributed by atoms with E-state index in [4.69, 9.17) is 9.47 Å². The summed E-state index contributed by atoms with van der Waals surface area (Å²) in [5.74, 6) is 0.463. The molecule has 0 spiro atoms. The van der Waals surface area contributed by atoms with E-state index in [9.17, 15) is 5.11 Å². The lowest BCUT2D eigenvalue weighted by atomic mass is 10.1. The molecule has 1 fully saturated rings. The number of aliphatic hydroxyl groups excluding tert-OH is 1. The Labute approximate surface area is 107 Å². The molecule has 1 aliphatic heterocycles. The van der Waals surface area contributed by atoms with E-state index in [1.54, 1.807) is 19.2 Å². The molecular formula is C13H20N2O3. The Morgan fingerprint density at radius 2 is 2.39 bits per heavy atom. The van der Waals surface area contributed by atoms with Gasteiger partial charge in [-0.2, -0.15) is 0 Å². The summed E-state index contributed by atoms with van der Waals surface area (Å²) in [6, 6.07) is 3.47. The SMILES string of the molecule is COc1ccc(C(O)CCCC2CCCO2)nn1. The highest BCUT2D eigenvalue weighted by atomic mass is 16.5. The summed E-state index contributed by atoms with van der Waals surface area (Å²) in [5, 5.41) is 17.8. The minimum atomic E-state index is -0.551. The predicted molar refractivity (Wildman–Crippen MR) is 66.4 cm³/mol. The number of aromatic nitrogens is 2. The van der Waals surface area contributed by atoms with Crippen LogP contribution in [0.25, 0.3) is 0 Å². The van der Waals surface area contributed by atoms with Gasteiger partial charge in [0.15, 0.2) is 0 Å². The standard InChI is InChI=1S/C13H20N2O3/c1-17-13-8-7-11(14-15-13)12(16)6-2-4-10-5-3-9-18-10/h7-8,10,12,16H,2-6,9H2,1H3. The van der Waals surface area contributed by atoms with Crippen molar-refractivity contribution in [1.82, 2.24) is 10.2 Å². The normalized spacial score (nSPS) is 20.9. The van der Waals surface area contributed by atoms with Crippen LogP contribution >= 0.6 is 0 Å². The number of hydrogen-bond acceptors (Lipinski definition) is 5. The second-order valence-corrected chi connectivity index (χ2v) is 4.58. The van der Waals surface area contributed by atoms with E-state index < -0.39 is 6.10 Å². The topological polar surface area (TPSA) is 64.5 Å². The van der Waals surface area contributed by atoms with Crippen molar-refractivity contribution in [1.29, 1.82) is 0 Å². The van der Waals surface area contributed by atoms with Crippen LogP contribution in [0.15, 0.2) is 12.1 Å². The number of hydrogen-bond donors (Lipinski definition) is 1. The monoisotopic (exact) mass is 252 g/mol. The van der Waals surface area contributed by atoms with Crippen molar-refractivity contribution in [2.75, 3.05) is 13.7 Å². The fourth-order valence-electron chi connectivity index (χ4n) is 2.18. The molecule has 1 N–H and O–H groups in total. The van der Waals surface area contributed by atoms with Crippen molar-refractivity contribution in [2.45, 2.75) is 44.3 Å². The highest BCUT2D eigenvalue weighted by Gasteiger charge is 2.16. The molecule has 0 radical (unpaired) electrons. The summed E-state index contributed by atoms with van der Waals surface area (Å²) < 4.78 is 10.5. The molecule has 0 amide bonds. The minimum absolute atomic E-state index is 0.388. The summed E-state index contributed by atoms with van der Waals surface area (Å²) >= 11 is 0. The zero-order valence-corrected chi connectivity index (χ0v) is 10.7. The fraction of sp³-hybridized carbons (Fsp3) is 0.692. The first-order valence-corrected chi connectivity index (χ1v) is 6.47. The van der Waals surface area contributed by atoms with Gasteiger partial charge >= 0.3 is 0 Å². The summed E-state index contributed by atoms with van der Waals surface area (Å²) in [6.07, 6.45) is 4.81. The first kappa shape index (κ1) is 13.2.